The zero-order valence-electron chi connectivity index (χ0n) is 20.8. The van der Waals surface area contributed by atoms with Crippen molar-refractivity contribution in [1.82, 2.24) is 0 Å². The van der Waals surface area contributed by atoms with Gasteiger partial charge in [-0.05, 0) is 69.4 Å². The normalized spacial score (nSPS) is 24.4. The molecule has 0 aromatic heterocycles. The molecule has 5 aromatic rings. The van der Waals surface area contributed by atoms with Gasteiger partial charge in [-0.3, -0.25) is 9.59 Å². The standard InChI is InChI=1S/C34H22BrNO3/c35-34-27-11-5-3-9-25(27)29(26-10-4-6-12-28(26)34)30-31(34)33(38)36(32(30)37)22-14-17-23(18-15-22)39-24-16-13-20-7-1-2-8-21(20)19-24/h1-19,29-31H/t29?,30-,31+,34?/m1/s1. The Morgan fingerprint density at radius 2 is 1.23 bits per heavy atom. The molecule has 39 heavy (non-hydrogen) atoms. The molecule has 1 fully saturated rings. The number of benzene rings is 5. The van der Waals surface area contributed by atoms with Crippen molar-refractivity contribution in [2.24, 2.45) is 11.8 Å². The average Bonchev–Trinajstić information content (AvgIpc) is 3.25. The predicted octanol–water partition coefficient (Wildman–Crippen LogP) is 7.54. The minimum absolute atomic E-state index is 0.147. The van der Waals surface area contributed by atoms with E-state index >= 15 is 0 Å². The molecule has 5 aromatic carbocycles. The molecule has 4 nitrogen and oxygen atoms in total. The van der Waals surface area contributed by atoms with E-state index in [-0.39, 0.29) is 17.7 Å². The van der Waals surface area contributed by atoms with Crippen molar-refractivity contribution in [2.45, 2.75) is 10.2 Å². The molecule has 0 saturated carbocycles. The van der Waals surface area contributed by atoms with Crippen LogP contribution in [0.1, 0.15) is 28.2 Å². The zero-order valence-corrected chi connectivity index (χ0v) is 22.3. The number of fused-ring (bicyclic) bond motifs is 1. The molecule has 2 bridgehead atoms. The van der Waals surface area contributed by atoms with Crippen molar-refractivity contribution in [1.29, 1.82) is 0 Å². The van der Waals surface area contributed by atoms with Gasteiger partial charge in [0.1, 0.15) is 11.5 Å². The number of anilines is 1. The van der Waals surface area contributed by atoms with E-state index in [1.54, 1.807) is 12.1 Å². The van der Waals surface area contributed by atoms with Gasteiger partial charge in [0.05, 0.1) is 21.8 Å². The summed E-state index contributed by atoms with van der Waals surface area (Å²) >= 11 is 4.05. The van der Waals surface area contributed by atoms with Crippen LogP contribution in [0.25, 0.3) is 10.8 Å². The lowest BCUT2D eigenvalue weighted by molar-refractivity contribution is -0.122. The molecule has 2 amide bonds. The lowest BCUT2D eigenvalue weighted by Crippen LogP contribution is -2.50. The lowest BCUT2D eigenvalue weighted by atomic mass is 9.55. The molecule has 9 rings (SSSR count). The van der Waals surface area contributed by atoms with Crippen molar-refractivity contribution in [3.8, 4) is 11.5 Å². The number of hydrogen-bond donors (Lipinski definition) is 0. The fourth-order valence-electron chi connectivity index (χ4n) is 6.96. The largest absolute Gasteiger partial charge is 0.457 e. The maximum absolute atomic E-state index is 14.1. The van der Waals surface area contributed by atoms with Gasteiger partial charge in [-0.25, -0.2) is 4.90 Å². The van der Waals surface area contributed by atoms with Gasteiger partial charge in [0, 0.05) is 5.92 Å². The molecule has 0 N–H and O–H groups in total. The topological polar surface area (TPSA) is 46.6 Å². The maximum atomic E-state index is 14.1. The first kappa shape index (κ1) is 22.7. The fraction of sp³-hybridized carbons (Fsp3) is 0.118. The second kappa shape index (κ2) is 8.14. The van der Waals surface area contributed by atoms with Crippen LogP contribution in [0.2, 0.25) is 0 Å². The van der Waals surface area contributed by atoms with Gasteiger partial charge in [-0.15, -0.1) is 0 Å². The highest BCUT2D eigenvalue weighted by Crippen LogP contribution is 2.66. The van der Waals surface area contributed by atoms with Gasteiger partial charge < -0.3 is 4.74 Å². The van der Waals surface area contributed by atoms with Crippen LogP contribution >= 0.6 is 15.9 Å². The monoisotopic (exact) mass is 571 g/mol. The maximum Gasteiger partial charge on any atom is 0.239 e. The van der Waals surface area contributed by atoms with Gasteiger partial charge in [-0.2, -0.15) is 0 Å². The quantitative estimate of drug-likeness (QED) is 0.166. The number of rotatable bonds is 3. The average molecular weight is 572 g/mol. The lowest BCUT2D eigenvalue weighted by Gasteiger charge is -2.51. The molecule has 1 heterocycles. The smallest absolute Gasteiger partial charge is 0.239 e. The number of carbonyl (C=O) groups excluding carboxylic acids is 2. The van der Waals surface area contributed by atoms with Crippen LogP contribution in [0.3, 0.4) is 0 Å². The number of alkyl halides is 1. The van der Waals surface area contributed by atoms with E-state index in [4.69, 9.17) is 4.74 Å². The van der Waals surface area contributed by atoms with E-state index in [2.05, 4.69) is 52.3 Å². The molecular weight excluding hydrogens is 550 g/mol. The number of imide groups is 1. The van der Waals surface area contributed by atoms with Gasteiger partial charge in [0.2, 0.25) is 11.8 Å². The third-order valence-electron chi connectivity index (χ3n) is 8.57. The predicted molar refractivity (Wildman–Crippen MR) is 154 cm³/mol. The van der Waals surface area contributed by atoms with Crippen molar-refractivity contribution in [2.75, 3.05) is 4.90 Å². The van der Waals surface area contributed by atoms with E-state index in [0.29, 0.717) is 11.4 Å². The third-order valence-corrected chi connectivity index (χ3v) is 9.91. The van der Waals surface area contributed by atoms with Gasteiger partial charge in [0.15, 0.2) is 0 Å². The number of amides is 2. The second-order valence-corrected chi connectivity index (χ2v) is 11.7. The molecule has 0 spiro atoms. The van der Waals surface area contributed by atoms with E-state index in [1.807, 2.05) is 66.7 Å². The van der Waals surface area contributed by atoms with E-state index in [1.165, 1.54) is 4.90 Å². The van der Waals surface area contributed by atoms with Crippen LogP contribution in [0.15, 0.2) is 115 Å². The van der Waals surface area contributed by atoms with Crippen LogP contribution in [-0.2, 0) is 13.9 Å². The summed E-state index contributed by atoms with van der Waals surface area (Å²) in [5.74, 6) is -0.0797. The highest BCUT2D eigenvalue weighted by Gasteiger charge is 2.67. The molecule has 0 radical (unpaired) electrons. The van der Waals surface area contributed by atoms with Crippen molar-refractivity contribution >= 4 is 44.2 Å². The summed E-state index contributed by atoms with van der Waals surface area (Å²) in [4.78, 5) is 29.6. The highest BCUT2D eigenvalue weighted by molar-refractivity contribution is 9.09. The number of carbonyl (C=O) groups is 2. The molecule has 3 aliphatic carbocycles. The molecule has 1 aliphatic heterocycles. The van der Waals surface area contributed by atoms with Crippen LogP contribution in [0, 0.1) is 11.8 Å². The number of hydrogen-bond acceptors (Lipinski definition) is 3. The summed E-state index contributed by atoms with van der Waals surface area (Å²) in [5.41, 5.74) is 4.97. The molecule has 1 saturated heterocycles. The number of halogens is 1. The summed E-state index contributed by atoms with van der Waals surface area (Å²) < 4.78 is 5.35. The Morgan fingerprint density at radius 3 is 1.92 bits per heavy atom. The van der Waals surface area contributed by atoms with Crippen LogP contribution in [0.5, 0.6) is 11.5 Å². The molecule has 2 atom stereocenters. The van der Waals surface area contributed by atoms with Crippen LogP contribution in [-0.4, -0.2) is 11.8 Å². The minimum atomic E-state index is -0.750. The first-order valence-corrected chi connectivity index (χ1v) is 13.9. The van der Waals surface area contributed by atoms with Crippen LogP contribution in [0.4, 0.5) is 5.69 Å². The molecule has 0 unspecified atom stereocenters. The van der Waals surface area contributed by atoms with Gasteiger partial charge in [0.25, 0.3) is 0 Å². The van der Waals surface area contributed by atoms with Gasteiger partial charge >= 0.3 is 0 Å². The Bertz CT molecular complexity index is 1780. The number of ether oxygens (including phenoxy) is 1. The van der Waals surface area contributed by atoms with Crippen molar-refractivity contribution in [3.05, 3.63) is 138 Å². The van der Waals surface area contributed by atoms with Crippen molar-refractivity contribution < 1.29 is 14.3 Å². The van der Waals surface area contributed by atoms with E-state index in [0.717, 1.165) is 38.8 Å². The highest BCUT2D eigenvalue weighted by atomic mass is 79.9. The summed E-state index contributed by atoms with van der Waals surface area (Å²) in [7, 11) is 0. The Hall–Kier alpha value is -4.22. The molecule has 5 heteroatoms. The second-order valence-electron chi connectivity index (χ2n) is 10.5. The van der Waals surface area contributed by atoms with E-state index in [9.17, 15) is 9.59 Å². The number of nitrogens with zero attached hydrogens (tertiary/aromatic N) is 1. The Kier molecular flexibility index (Phi) is 4.74. The fourth-order valence-corrected chi connectivity index (χ4v) is 8.17. The Labute approximate surface area is 234 Å². The van der Waals surface area contributed by atoms with Gasteiger partial charge in [-0.1, -0.05) is 94.8 Å². The SMILES string of the molecule is O=C1[C@@H]2C3c4ccccc4C(Br)(c4ccccc43)[C@@H]2C(=O)N1c1ccc(Oc2ccc3ccccc3c2)cc1. The van der Waals surface area contributed by atoms with E-state index < -0.39 is 16.2 Å². The molecule has 188 valence electrons. The summed E-state index contributed by atoms with van der Waals surface area (Å²) in [6, 6.07) is 37.7. The molecular formula is C34H22BrNO3. The Balaban J connectivity index is 1.15. The zero-order chi connectivity index (χ0) is 26.3. The van der Waals surface area contributed by atoms with Crippen LogP contribution < -0.4 is 9.64 Å². The molecule has 4 aliphatic rings. The first-order valence-electron chi connectivity index (χ1n) is 13.1. The first-order chi connectivity index (χ1) is 19.1. The third kappa shape index (κ3) is 3.05. The Morgan fingerprint density at radius 1 is 0.641 bits per heavy atom. The summed E-state index contributed by atoms with van der Waals surface area (Å²) in [6.07, 6.45) is 0. The van der Waals surface area contributed by atoms with Crippen molar-refractivity contribution in [3.63, 3.8) is 0 Å². The summed E-state index contributed by atoms with van der Waals surface area (Å²) in [5, 5.41) is 2.25. The minimum Gasteiger partial charge on any atom is -0.457 e. The summed E-state index contributed by atoms with van der Waals surface area (Å²) in [6.45, 7) is 0.